The predicted molar refractivity (Wildman–Crippen MR) is 71.2 cm³/mol. The second kappa shape index (κ2) is 6.41. The third-order valence-corrected chi connectivity index (χ3v) is 3.28. The van der Waals surface area contributed by atoms with E-state index in [0.717, 1.165) is 19.6 Å². The van der Waals surface area contributed by atoms with Gasteiger partial charge in [0, 0.05) is 31.2 Å². The molecule has 0 unspecified atom stereocenters. The van der Waals surface area contributed by atoms with Crippen LogP contribution in [0.4, 0.5) is 0 Å². The molecule has 1 N–H and O–H groups in total. The molecule has 0 aromatic carbocycles. The van der Waals surface area contributed by atoms with Crippen molar-refractivity contribution in [2.24, 2.45) is 0 Å². The highest BCUT2D eigenvalue weighted by Gasteiger charge is 2.23. The van der Waals surface area contributed by atoms with Crippen molar-refractivity contribution in [1.82, 2.24) is 15.4 Å². The van der Waals surface area contributed by atoms with Crippen molar-refractivity contribution >= 4 is 29.9 Å². The first kappa shape index (κ1) is 15.3. The zero-order chi connectivity index (χ0) is 12.4. The van der Waals surface area contributed by atoms with Crippen LogP contribution in [0.25, 0.3) is 0 Å². The Morgan fingerprint density at radius 2 is 2.39 bits per heavy atom. The fraction of sp³-hybridized carbons (Fsp3) is 0.636. The molecule has 1 amide bonds. The number of nitrogens with zero attached hydrogens (tertiary/aromatic N) is 2. The van der Waals surface area contributed by atoms with Gasteiger partial charge in [0.15, 0.2) is 0 Å². The molecule has 1 saturated heterocycles. The molecule has 1 aliphatic rings. The van der Waals surface area contributed by atoms with E-state index >= 15 is 0 Å². The van der Waals surface area contributed by atoms with Crippen LogP contribution in [0.15, 0.2) is 4.52 Å². The lowest BCUT2D eigenvalue weighted by Gasteiger charge is -2.31. The maximum atomic E-state index is 12.1. The summed E-state index contributed by atoms with van der Waals surface area (Å²) in [6, 6.07) is 0.340. The van der Waals surface area contributed by atoms with E-state index in [1.54, 1.807) is 6.92 Å². The lowest BCUT2D eigenvalue weighted by Crippen LogP contribution is -2.51. The highest BCUT2D eigenvalue weighted by molar-refractivity contribution is 6.29. The zero-order valence-electron chi connectivity index (χ0n) is 10.4. The van der Waals surface area contributed by atoms with Gasteiger partial charge in [-0.05, 0) is 25.4 Å². The summed E-state index contributed by atoms with van der Waals surface area (Å²) in [6.45, 7) is 6.17. The number of carbonyl (C=O) groups excluding carboxylic acids is 1. The van der Waals surface area contributed by atoms with E-state index in [1.807, 2.05) is 4.90 Å². The number of rotatable bonds is 2. The molecular weight excluding hydrogens is 277 g/mol. The van der Waals surface area contributed by atoms with Crippen LogP contribution in [0, 0.1) is 6.92 Å². The van der Waals surface area contributed by atoms with E-state index in [4.69, 9.17) is 16.1 Å². The molecule has 2 rings (SSSR count). The minimum Gasteiger partial charge on any atom is -0.344 e. The van der Waals surface area contributed by atoms with Crippen molar-refractivity contribution in [1.29, 1.82) is 0 Å². The van der Waals surface area contributed by atoms with Gasteiger partial charge >= 0.3 is 0 Å². The van der Waals surface area contributed by atoms with Crippen LogP contribution in [0.3, 0.4) is 0 Å². The van der Waals surface area contributed by atoms with Crippen LogP contribution >= 0.6 is 24.0 Å². The first-order valence-corrected chi connectivity index (χ1v) is 6.07. The van der Waals surface area contributed by atoms with E-state index in [0.29, 0.717) is 17.3 Å². The quantitative estimate of drug-likeness (QED) is 0.896. The Kier molecular flexibility index (Phi) is 5.44. The molecule has 7 heteroatoms. The summed E-state index contributed by atoms with van der Waals surface area (Å²) < 4.78 is 4.84. The molecule has 1 atom stereocenters. The largest absolute Gasteiger partial charge is 0.344 e. The monoisotopic (exact) mass is 293 g/mol. The summed E-state index contributed by atoms with van der Waals surface area (Å²) in [5, 5.41) is 7.26. The van der Waals surface area contributed by atoms with E-state index < -0.39 is 0 Å². The number of hydrogen-bond acceptors (Lipinski definition) is 4. The Hall–Kier alpha value is -0.780. The summed E-state index contributed by atoms with van der Waals surface area (Å²) in [4.78, 5) is 13.9. The van der Waals surface area contributed by atoms with Gasteiger partial charge in [0.05, 0.1) is 12.1 Å². The molecule has 1 aromatic heterocycles. The summed E-state index contributed by atoms with van der Waals surface area (Å²) in [7, 11) is 0. The molecule has 0 bridgehead atoms. The fourth-order valence-electron chi connectivity index (χ4n) is 1.98. The first-order chi connectivity index (χ1) is 8.08. The Balaban J connectivity index is 0.00000162. The Morgan fingerprint density at radius 3 is 2.94 bits per heavy atom. The van der Waals surface area contributed by atoms with Crippen LogP contribution in [0.2, 0.25) is 5.22 Å². The summed E-state index contributed by atoms with van der Waals surface area (Å²) in [6.07, 6.45) is 0.265. The highest BCUT2D eigenvalue weighted by atomic mass is 35.5. The van der Waals surface area contributed by atoms with Gasteiger partial charge < -0.3 is 14.7 Å². The number of carbonyl (C=O) groups is 1. The van der Waals surface area contributed by atoms with Gasteiger partial charge in [0.2, 0.25) is 11.1 Å². The summed E-state index contributed by atoms with van der Waals surface area (Å²) >= 11 is 5.84. The van der Waals surface area contributed by atoms with E-state index in [-0.39, 0.29) is 30.0 Å². The number of halogens is 2. The normalized spacial score (nSPS) is 19.5. The van der Waals surface area contributed by atoms with Crippen molar-refractivity contribution in [2.75, 3.05) is 19.6 Å². The molecule has 1 aromatic rings. The lowest BCUT2D eigenvalue weighted by molar-refractivity contribution is -0.131. The van der Waals surface area contributed by atoms with E-state index in [1.165, 1.54) is 0 Å². The van der Waals surface area contributed by atoms with Crippen molar-refractivity contribution in [3.8, 4) is 0 Å². The van der Waals surface area contributed by atoms with Crippen LogP contribution in [0.5, 0.6) is 0 Å². The van der Waals surface area contributed by atoms with Crippen LogP contribution in [-0.4, -0.2) is 41.6 Å². The molecular formula is C11H17Cl2N3O2. The SMILES string of the molecule is Cc1noc(Cl)c1CC(=O)N1CCN[C@H](C)C1.Cl. The van der Waals surface area contributed by atoms with Gasteiger partial charge in [-0.3, -0.25) is 4.79 Å². The number of piperazine rings is 1. The molecule has 0 saturated carbocycles. The van der Waals surface area contributed by atoms with Crippen molar-refractivity contribution in [3.63, 3.8) is 0 Å². The third-order valence-electron chi connectivity index (χ3n) is 2.99. The maximum Gasteiger partial charge on any atom is 0.229 e. The Labute approximate surface area is 117 Å². The minimum atomic E-state index is 0. The van der Waals surface area contributed by atoms with Crippen molar-refractivity contribution < 1.29 is 9.32 Å². The zero-order valence-corrected chi connectivity index (χ0v) is 12.0. The molecule has 1 aliphatic heterocycles. The molecule has 5 nitrogen and oxygen atoms in total. The second-order valence-corrected chi connectivity index (χ2v) is 4.74. The van der Waals surface area contributed by atoms with E-state index in [2.05, 4.69) is 17.4 Å². The predicted octanol–water partition coefficient (Wildman–Crippen LogP) is 1.42. The van der Waals surface area contributed by atoms with Gasteiger partial charge in [-0.15, -0.1) is 12.4 Å². The van der Waals surface area contributed by atoms with Gasteiger partial charge in [0.25, 0.3) is 0 Å². The molecule has 18 heavy (non-hydrogen) atoms. The lowest BCUT2D eigenvalue weighted by atomic mass is 10.1. The molecule has 0 aliphatic carbocycles. The Morgan fingerprint density at radius 1 is 1.67 bits per heavy atom. The smallest absolute Gasteiger partial charge is 0.229 e. The number of hydrogen-bond donors (Lipinski definition) is 1. The van der Waals surface area contributed by atoms with Gasteiger partial charge in [-0.25, -0.2) is 0 Å². The molecule has 102 valence electrons. The van der Waals surface area contributed by atoms with Crippen LogP contribution in [0.1, 0.15) is 18.2 Å². The minimum absolute atomic E-state index is 0. The highest BCUT2D eigenvalue weighted by Crippen LogP contribution is 2.20. The fourth-order valence-corrected chi connectivity index (χ4v) is 2.22. The first-order valence-electron chi connectivity index (χ1n) is 5.69. The number of aromatic nitrogens is 1. The summed E-state index contributed by atoms with van der Waals surface area (Å²) in [5.74, 6) is 0.0755. The number of amides is 1. The van der Waals surface area contributed by atoms with Crippen LogP contribution in [-0.2, 0) is 11.2 Å². The van der Waals surface area contributed by atoms with E-state index in [9.17, 15) is 4.79 Å². The van der Waals surface area contributed by atoms with Gasteiger partial charge in [-0.2, -0.15) is 0 Å². The van der Waals surface area contributed by atoms with Crippen molar-refractivity contribution in [2.45, 2.75) is 26.3 Å². The topological polar surface area (TPSA) is 58.4 Å². The maximum absolute atomic E-state index is 12.1. The van der Waals surface area contributed by atoms with Crippen molar-refractivity contribution in [3.05, 3.63) is 16.5 Å². The molecule has 1 fully saturated rings. The average molecular weight is 294 g/mol. The third kappa shape index (κ3) is 3.37. The molecule has 0 spiro atoms. The standard InChI is InChI=1S/C11H16ClN3O2.ClH/c1-7-6-15(4-3-13-7)10(16)5-9-8(2)14-17-11(9)12;/h7,13H,3-6H2,1-2H3;1H/t7-;/m1./s1. The van der Waals surface area contributed by atoms with Gasteiger partial charge in [-0.1, -0.05) is 5.16 Å². The number of aryl methyl sites for hydroxylation is 1. The average Bonchev–Trinajstić information content (AvgIpc) is 2.61. The molecule has 0 radical (unpaired) electrons. The Bertz CT molecular complexity index is 403. The van der Waals surface area contributed by atoms with Crippen LogP contribution < -0.4 is 5.32 Å². The number of nitrogens with one attached hydrogen (secondary N) is 1. The summed E-state index contributed by atoms with van der Waals surface area (Å²) in [5.41, 5.74) is 1.38. The second-order valence-electron chi connectivity index (χ2n) is 4.39. The van der Waals surface area contributed by atoms with Gasteiger partial charge in [0.1, 0.15) is 0 Å². The molecule has 2 heterocycles.